The maximum Gasteiger partial charge on any atom is 0.233 e. The van der Waals surface area contributed by atoms with E-state index in [1.807, 2.05) is 0 Å². The lowest BCUT2D eigenvalue weighted by Crippen LogP contribution is -2.37. The average Bonchev–Trinajstić information content (AvgIpc) is 3.18. The number of rotatable bonds is 6. The molecule has 1 aromatic heterocycles. The molecule has 3 aliphatic carbocycles. The lowest BCUT2D eigenvalue weighted by Gasteiger charge is -2.32. The Kier molecular flexibility index (Phi) is 5.15. The van der Waals surface area contributed by atoms with Crippen LogP contribution < -0.4 is 0 Å². The summed E-state index contributed by atoms with van der Waals surface area (Å²) in [6, 6.07) is 8.60. The van der Waals surface area contributed by atoms with Crippen molar-refractivity contribution in [2.75, 3.05) is 32.8 Å². The minimum Gasteiger partial charge on any atom is -0.396 e. The number of piperidine rings is 1. The third-order valence-electron chi connectivity index (χ3n) is 10.7. The summed E-state index contributed by atoms with van der Waals surface area (Å²) in [4.78, 5) is 34.2. The second-order valence-electron chi connectivity index (χ2n) is 12.2. The molecule has 0 radical (unpaired) electrons. The molecule has 35 heavy (non-hydrogen) atoms. The maximum atomic E-state index is 13.3. The summed E-state index contributed by atoms with van der Waals surface area (Å²) in [6.45, 7) is 6.29. The minimum absolute atomic E-state index is 0.0723. The largest absolute Gasteiger partial charge is 0.396 e. The van der Waals surface area contributed by atoms with Crippen LogP contribution in [0.4, 0.5) is 0 Å². The molecule has 5 fully saturated rings. The maximum absolute atomic E-state index is 13.3. The summed E-state index contributed by atoms with van der Waals surface area (Å²) in [6.07, 6.45) is 6.68. The number of imide groups is 1. The molecule has 7 rings (SSSR count). The molecule has 3 heterocycles. The van der Waals surface area contributed by atoms with Gasteiger partial charge < -0.3 is 15.0 Å². The Morgan fingerprint density at radius 3 is 2.46 bits per heavy atom. The molecule has 2 N–H and O–H groups in total. The van der Waals surface area contributed by atoms with Crippen LogP contribution in [-0.2, 0) is 9.59 Å². The van der Waals surface area contributed by atoms with Gasteiger partial charge in [0.1, 0.15) is 0 Å². The Labute approximate surface area is 207 Å². The van der Waals surface area contributed by atoms with E-state index in [1.54, 1.807) is 4.90 Å². The van der Waals surface area contributed by atoms with E-state index in [0.29, 0.717) is 30.2 Å². The van der Waals surface area contributed by atoms with Gasteiger partial charge >= 0.3 is 0 Å². The number of carbonyl (C=O) groups is 2. The number of H-pyrrole nitrogens is 1. The van der Waals surface area contributed by atoms with E-state index in [0.717, 1.165) is 32.5 Å². The molecular weight excluding hydrogens is 438 g/mol. The number of hydrogen-bond donors (Lipinski definition) is 2. The first-order chi connectivity index (χ1) is 17.0. The van der Waals surface area contributed by atoms with Crippen LogP contribution in [0.5, 0.6) is 0 Å². The van der Waals surface area contributed by atoms with Crippen LogP contribution in [0, 0.1) is 47.3 Å². The first-order valence-corrected chi connectivity index (χ1v) is 13.8. The number of aromatic nitrogens is 1. The fraction of sp³-hybridized carbons (Fsp3) is 0.655. The van der Waals surface area contributed by atoms with Crippen molar-refractivity contribution < 1.29 is 14.7 Å². The number of nitrogens with zero attached hydrogens (tertiary/aromatic N) is 2. The first-order valence-electron chi connectivity index (χ1n) is 13.8. The number of fused-ring (bicyclic) bond motifs is 6. The Balaban J connectivity index is 0.932. The molecule has 6 heteroatoms. The highest BCUT2D eigenvalue weighted by molar-refractivity contribution is 6.06. The number of nitrogens with one attached hydrogen (secondary N) is 1. The van der Waals surface area contributed by atoms with Crippen LogP contribution in [0.15, 0.2) is 30.5 Å². The fourth-order valence-electron chi connectivity index (χ4n) is 8.64. The highest BCUT2D eigenvalue weighted by Gasteiger charge is 2.66. The summed E-state index contributed by atoms with van der Waals surface area (Å²) >= 11 is 0. The van der Waals surface area contributed by atoms with Gasteiger partial charge in [-0.25, -0.2) is 0 Å². The van der Waals surface area contributed by atoms with Gasteiger partial charge in [-0.3, -0.25) is 14.5 Å². The molecule has 2 aromatic rings. The zero-order chi connectivity index (χ0) is 23.8. The normalized spacial score (nSPS) is 39.2. The monoisotopic (exact) mass is 475 g/mol. The number of aliphatic hydroxyl groups excluding tert-OH is 1. The van der Waals surface area contributed by atoms with Crippen LogP contribution >= 0.6 is 0 Å². The van der Waals surface area contributed by atoms with Crippen LogP contribution in [0.2, 0.25) is 0 Å². The molecule has 2 bridgehead atoms. The number of amides is 2. The number of aliphatic hydroxyl groups is 1. The van der Waals surface area contributed by atoms with E-state index < -0.39 is 0 Å². The molecule has 1 aromatic carbocycles. The van der Waals surface area contributed by atoms with Gasteiger partial charge in [0, 0.05) is 36.8 Å². The van der Waals surface area contributed by atoms with Gasteiger partial charge in [-0.15, -0.1) is 0 Å². The predicted molar refractivity (Wildman–Crippen MR) is 133 cm³/mol. The molecule has 6 unspecified atom stereocenters. The highest BCUT2D eigenvalue weighted by atomic mass is 16.3. The predicted octanol–water partition coefficient (Wildman–Crippen LogP) is 3.48. The third-order valence-corrected chi connectivity index (χ3v) is 10.7. The van der Waals surface area contributed by atoms with Gasteiger partial charge in [0.2, 0.25) is 11.8 Å². The van der Waals surface area contributed by atoms with Crippen LogP contribution in [-0.4, -0.2) is 64.5 Å². The van der Waals surface area contributed by atoms with Crippen molar-refractivity contribution in [3.05, 3.63) is 36.0 Å². The van der Waals surface area contributed by atoms with Crippen molar-refractivity contribution in [2.45, 2.75) is 38.5 Å². The van der Waals surface area contributed by atoms with E-state index >= 15 is 0 Å². The lowest BCUT2D eigenvalue weighted by molar-refractivity contribution is -0.141. The first kappa shape index (κ1) is 22.1. The third kappa shape index (κ3) is 3.36. The second-order valence-corrected chi connectivity index (χ2v) is 12.2. The molecule has 3 saturated carbocycles. The lowest BCUT2D eigenvalue weighted by atomic mass is 9.70. The van der Waals surface area contributed by atoms with Crippen molar-refractivity contribution in [3.63, 3.8) is 0 Å². The molecule has 8 atom stereocenters. The Morgan fingerprint density at radius 2 is 1.69 bits per heavy atom. The van der Waals surface area contributed by atoms with Gasteiger partial charge in [0.15, 0.2) is 0 Å². The topological polar surface area (TPSA) is 76.6 Å². The van der Waals surface area contributed by atoms with Gasteiger partial charge in [0.25, 0.3) is 0 Å². The minimum atomic E-state index is -0.151. The number of para-hydroxylation sites is 1. The van der Waals surface area contributed by atoms with Crippen molar-refractivity contribution >= 4 is 22.7 Å². The zero-order valence-electron chi connectivity index (χ0n) is 20.6. The highest BCUT2D eigenvalue weighted by Crippen LogP contribution is 2.61. The molecule has 6 nitrogen and oxygen atoms in total. The van der Waals surface area contributed by atoms with Crippen molar-refractivity contribution in [1.29, 1.82) is 0 Å². The summed E-state index contributed by atoms with van der Waals surface area (Å²) in [5.74, 6) is 2.66. The molecular formula is C29H37N3O3. The van der Waals surface area contributed by atoms with Gasteiger partial charge in [0.05, 0.1) is 11.8 Å². The van der Waals surface area contributed by atoms with Crippen molar-refractivity contribution in [1.82, 2.24) is 14.8 Å². The number of likely N-dealkylation sites (tertiary alicyclic amines) is 2. The Morgan fingerprint density at radius 1 is 0.971 bits per heavy atom. The van der Waals surface area contributed by atoms with Crippen molar-refractivity contribution in [3.8, 4) is 0 Å². The Bertz CT molecular complexity index is 1150. The number of benzene rings is 1. The van der Waals surface area contributed by atoms with Gasteiger partial charge in [-0.2, -0.15) is 0 Å². The molecule has 186 valence electrons. The van der Waals surface area contributed by atoms with Crippen LogP contribution in [0.3, 0.4) is 0 Å². The van der Waals surface area contributed by atoms with Gasteiger partial charge in [-0.1, -0.05) is 25.1 Å². The van der Waals surface area contributed by atoms with Gasteiger partial charge in [-0.05, 0) is 91.8 Å². The zero-order valence-corrected chi connectivity index (χ0v) is 20.6. The van der Waals surface area contributed by atoms with E-state index in [4.69, 9.17) is 0 Å². The smallest absolute Gasteiger partial charge is 0.233 e. The average molecular weight is 476 g/mol. The van der Waals surface area contributed by atoms with E-state index in [2.05, 4.69) is 47.3 Å². The Hall–Kier alpha value is -2.18. The SMILES string of the molecule is CC1C(CO)C2CC1C1C(=O)N(C[C@H]3C[C@@H]3CN3CCC(c4c[nH]c5ccccc45)CC3)C(=O)C21. The van der Waals surface area contributed by atoms with Crippen LogP contribution in [0.1, 0.15) is 44.1 Å². The van der Waals surface area contributed by atoms with Crippen LogP contribution in [0.25, 0.3) is 10.9 Å². The molecule has 2 amide bonds. The quantitative estimate of drug-likeness (QED) is 0.627. The number of carbonyl (C=O) groups excluding carboxylic acids is 2. The summed E-state index contributed by atoms with van der Waals surface area (Å²) in [5.41, 5.74) is 2.70. The van der Waals surface area contributed by atoms with Crippen molar-refractivity contribution in [2.24, 2.45) is 47.3 Å². The van der Waals surface area contributed by atoms with E-state index in [1.165, 1.54) is 29.3 Å². The summed E-state index contributed by atoms with van der Waals surface area (Å²) in [7, 11) is 0. The fourth-order valence-corrected chi connectivity index (χ4v) is 8.64. The number of hydrogen-bond acceptors (Lipinski definition) is 4. The van der Waals surface area contributed by atoms with E-state index in [9.17, 15) is 14.7 Å². The molecule has 5 aliphatic rings. The summed E-state index contributed by atoms with van der Waals surface area (Å²) < 4.78 is 0. The second kappa shape index (κ2) is 8.17. The molecule has 2 aliphatic heterocycles. The van der Waals surface area contributed by atoms with E-state index in [-0.39, 0.29) is 48.0 Å². The summed E-state index contributed by atoms with van der Waals surface area (Å²) in [5, 5.41) is 11.2. The standard InChI is InChI=1S/C29H37N3O3/c1-16-21-11-22(24(16)15-33)27-26(21)28(34)32(29(27)35)14-19-10-18(19)13-31-8-6-17(7-9-31)23-12-30-25-5-3-2-4-20(23)25/h2-5,12,16-19,21-22,24,26-27,30,33H,6-11,13-15H2,1H3/t16?,18-,19-,21?,22?,24?,26?,27?/m1/s1. The molecule has 0 spiro atoms. The number of aromatic amines is 1. The molecule has 2 saturated heterocycles.